The Hall–Kier alpha value is -2.38. The number of likely N-dealkylation sites (tertiary alicyclic amines) is 1. The predicted molar refractivity (Wildman–Crippen MR) is 72.9 cm³/mol. The molecule has 1 saturated heterocycles. The SMILES string of the molecule is CCOC(=O)[C@H]1CCCN(C(=O)c2c[nH]c(=O)[nH]c2=O)C1. The van der Waals surface area contributed by atoms with Crippen LogP contribution in [0, 0.1) is 5.92 Å². The van der Waals surface area contributed by atoms with Crippen molar-refractivity contribution in [1.29, 1.82) is 0 Å². The van der Waals surface area contributed by atoms with Crippen LogP contribution in [0.5, 0.6) is 0 Å². The molecule has 1 aromatic rings. The van der Waals surface area contributed by atoms with Gasteiger partial charge in [-0.1, -0.05) is 0 Å². The number of H-pyrrole nitrogens is 2. The Bertz CT molecular complexity index is 648. The number of ether oxygens (including phenoxy) is 1. The average Bonchev–Trinajstić information content (AvgIpc) is 2.47. The molecule has 1 amide bonds. The van der Waals surface area contributed by atoms with Crippen molar-refractivity contribution in [3.63, 3.8) is 0 Å². The van der Waals surface area contributed by atoms with Crippen molar-refractivity contribution in [2.24, 2.45) is 5.92 Å². The molecule has 0 bridgehead atoms. The molecule has 1 aliphatic rings. The van der Waals surface area contributed by atoms with Crippen LogP contribution in [-0.2, 0) is 9.53 Å². The Morgan fingerprint density at radius 2 is 2.19 bits per heavy atom. The second kappa shape index (κ2) is 6.38. The molecule has 0 spiro atoms. The van der Waals surface area contributed by atoms with Gasteiger partial charge in [0.15, 0.2) is 0 Å². The van der Waals surface area contributed by atoms with Crippen molar-refractivity contribution in [1.82, 2.24) is 14.9 Å². The lowest BCUT2D eigenvalue weighted by Crippen LogP contribution is -2.44. The maximum Gasteiger partial charge on any atom is 0.325 e. The van der Waals surface area contributed by atoms with Gasteiger partial charge in [0, 0.05) is 19.3 Å². The molecular weight excluding hydrogens is 278 g/mol. The first-order valence-electron chi connectivity index (χ1n) is 6.80. The molecular formula is C13H17N3O5. The minimum absolute atomic E-state index is 0.140. The monoisotopic (exact) mass is 295 g/mol. The van der Waals surface area contributed by atoms with E-state index in [-0.39, 0.29) is 24.0 Å². The minimum atomic E-state index is -0.734. The topological polar surface area (TPSA) is 112 Å². The molecule has 8 heteroatoms. The van der Waals surface area contributed by atoms with Crippen molar-refractivity contribution in [2.45, 2.75) is 19.8 Å². The molecule has 2 rings (SSSR count). The minimum Gasteiger partial charge on any atom is -0.466 e. The standard InChI is InChI=1S/C13H17N3O5/c1-2-21-12(19)8-4-3-5-16(7-8)11(18)9-6-14-13(20)15-10(9)17/h6,8H,2-5,7H2,1H3,(H2,14,15,17,20)/t8-/m0/s1. The lowest BCUT2D eigenvalue weighted by molar-refractivity contribution is -0.149. The fraction of sp³-hybridized carbons (Fsp3) is 0.538. The van der Waals surface area contributed by atoms with Gasteiger partial charge in [0.1, 0.15) is 5.56 Å². The number of aromatic amines is 2. The summed E-state index contributed by atoms with van der Waals surface area (Å²) in [5, 5.41) is 0. The number of rotatable bonds is 3. The van der Waals surface area contributed by atoms with Crippen molar-refractivity contribution < 1.29 is 14.3 Å². The zero-order valence-corrected chi connectivity index (χ0v) is 11.7. The fourth-order valence-corrected chi connectivity index (χ4v) is 2.35. The summed E-state index contributed by atoms with van der Waals surface area (Å²) in [6.45, 7) is 2.70. The Morgan fingerprint density at radius 3 is 2.86 bits per heavy atom. The molecule has 2 heterocycles. The Labute approximate surface area is 120 Å². The molecule has 0 radical (unpaired) electrons. The molecule has 1 fully saturated rings. The summed E-state index contributed by atoms with van der Waals surface area (Å²) in [5.41, 5.74) is -1.54. The van der Waals surface area contributed by atoms with Crippen molar-refractivity contribution >= 4 is 11.9 Å². The number of carbonyl (C=O) groups excluding carboxylic acids is 2. The van der Waals surface area contributed by atoms with Gasteiger partial charge in [-0.05, 0) is 19.8 Å². The molecule has 2 N–H and O–H groups in total. The van der Waals surface area contributed by atoms with Gasteiger partial charge < -0.3 is 14.6 Å². The van der Waals surface area contributed by atoms with E-state index in [4.69, 9.17) is 4.74 Å². The molecule has 0 aliphatic carbocycles. The highest BCUT2D eigenvalue weighted by Crippen LogP contribution is 2.19. The number of hydrogen-bond donors (Lipinski definition) is 2. The number of nitrogens with one attached hydrogen (secondary N) is 2. The quantitative estimate of drug-likeness (QED) is 0.729. The highest BCUT2D eigenvalue weighted by Gasteiger charge is 2.30. The smallest absolute Gasteiger partial charge is 0.325 e. The molecule has 0 unspecified atom stereocenters. The predicted octanol–water partition coefficient (Wildman–Crippen LogP) is -0.521. The van der Waals surface area contributed by atoms with E-state index in [2.05, 4.69) is 4.98 Å². The number of amides is 1. The first kappa shape index (κ1) is 15.0. The summed E-state index contributed by atoms with van der Waals surface area (Å²) in [4.78, 5) is 52.3. The number of aromatic nitrogens is 2. The van der Waals surface area contributed by atoms with Gasteiger partial charge in [-0.2, -0.15) is 0 Å². The number of piperidine rings is 1. The fourth-order valence-electron chi connectivity index (χ4n) is 2.35. The van der Waals surface area contributed by atoms with Crippen LogP contribution in [0.15, 0.2) is 15.8 Å². The number of carbonyl (C=O) groups is 2. The Balaban J connectivity index is 2.14. The van der Waals surface area contributed by atoms with Crippen molar-refractivity contribution in [3.05, 3.63) is 32.6 Å². The normalized spacial score (nSPS) is 18.3. The summed E-state index contributed by atoms with van der Waals surface area (Å²) in [5.74, 6) is -1.20. The summed E-state index contributed by atoms with van der Waals surface area (Å²) < 4.78 is 4.96. The van der Waals surface area contributed by atoms with Crippen LogP contribution in [0.4, 0.5) is 0 Å². The molecule has 0 saturated carbocycles. The van der Waals surface area contributed by atoms with E-state index in [0.717, 1.165) is 6.20 Å². The zero-order valence-electron chi connectivity index (χ0n) is 11.7. The van der Waals surface area contributed by atoms with E-state index in [0.29, 0.717) is 26.0 Å². The maximum absolute atomic E-state index is 12.3. The van der Waals surface area contributed by atoms with E-state index in [1.54, 1.807) is 6.92 Å². The van der Waals surface area contributed by atoms with Crippen LogP contribution in [0.1, 0.15) is 30.1 Å². The first-order valence-corrected chi connectivity index (χ1v) is 6.80. The van der Waals surface area contributed by atoms with E-state index < -0.39 is 17.2 Å². The van der Waals surface area contributed by atoms with Gasteiger partial charge >= 0.3 is 11.7 Å². The number of hydrogen-bond acceptors (Lipinski definition) is 5. The summed E-state index contributed by atoms with van der Waals surface area (Å²) in [6, 6.07) is 0. The lowest BCUT2D eigenvalue weighted by Gasteiger charge is -2.31. The first-order chi connectivity index (χ1) is 10.0. The van der Waals surface area contributed by atoms with Crippen LogP contribution < -0.4 is 11.2 Å². The van der Waals surface area contributed by atoms with Crippen LogP contribution in [0.25, 0.3) is 0 Å². The lowest BCUT2D eigenvalue weighted by atomic mass is 9.98. The van der Waals surface area contributed by atoms with Gasteiger partial charge in [0.2, 0.25) is 0 Å². The molecule has 21 heavy (non-hydrogen) atoms. The zero-order chi connectivity index (χ0) is 15.4. The summed E-state index contributed by atoms with van der Waals surface area (Å²) in [7, 11) is 0. The molecule has 1 aliphatic heterocycles. The van der Waals surface area contributed by atoms with Gasteiger partial charge in [-0.25, -0.2) is 4.79 Å². The van der Waals surface area contributed by atoms with Crippen LogP contribution in [0.2, 0.25) is 0 Å². The van der Waals surface area contributed by atoms with E-state index in [9.17, 15) is 19.2 Å². The van der Waals surface area contributed by atoms with Gasteiger partial charge in [-0.15, -0.1) is 0 Å². The largest absolute Gasteiger partial charge is 0.466 e. The number of nitrogens with zero attached hydrogens (tertiary/aromatic N) is 1. The molecule has 114 valence electrons. The molecule has 1 atom stereocenters. The Kier molecular flexibility index (Phi) is 4.56. The third kappa shape index (κ3) is 3.39. The highest BCUT2D eigenvalue weighted by atomic mass is 16.5. The highest BCUT2D eigenvalue weighted by molar-refractivity contribution is 5.93. The van der Waals surface area contributed by atoms with Gasteiger partial charge in [0.05, 0.1) is 12.5 Å². The molecule has 0 aromatic carbocycles. The second-order valence-corrected chi connectivity index (χ2v) is 4.83. The van der Waals surface area contributed by atoms with Crippen molar-refractivity contribution in [3.8, 4) is 0 Å². The summed E-state index contributed by atoms with van der Waals surface area (Å²) in [6.07, 6.45) is 2.42. The van der Waals surface area contributed by atoms with E-state index >= 15 is 0 Å². The van der Waals surface area contributed by atoms with E-state index in [1.165, 1.54) is 4.90 Å². The van der Waals surface area contributed by atoms with Gasteiger partial charge in [-0.3, -0.25) is 19.4 Å². The molecule has 8 nitrogen and oxygen atoms in total. The second-order valence-electron chi connectivity index (χ2n) is 4.83. The van der Waals surface area contributed by atoms with Crippen molar-refractivity contribution in [2.75, 3.05) is 19.7 Å². The van der Waals surface area contributed by atoms with Crippen LogP contribution in [-0.4, -0.2) is 46.4 Å². The van der Waals surface area contributed by atoms with E-state index in [1.807, 2.05) is 4.98 Å². The third-order valence-corrected chi connectivity index (χ3v) is 3.38. The maximum atomic E-state index is 12.3. The molecule has 1 aromatic heterocycles. The third-order valence-electron chi connectivity index (χ3n) is 3.38. The van der Waals surface area contributed by atoms with Gasteiger partial charge in [0.25, 0.3) is 11.5 Å². The van der Waals surface area contributed by atoms with Crippen LogP contribution >= 0.6 is 0 Å². The summed E-state index contributed by atoms with van der Waals surface area (Å²) >= 11 is 0. The number of esters is 1. The van der Waals surface area contributed by atoms with Crippen LogP contribution in [0.3, 0.4) is 0 Å². The average molecular weight is 295 g/mol. The Morgan fingerprint density at radius 1 is 1.43 bits per heavy atom.